The molecule has 0 bridgehead atoms. The average molecular weight is 255 g/mol. The van der Waals surface area contributed by atoms with Crippen LogP contribution in [0.2, 0.25) is 0 Å². The summed E-state index contributed by atoms with van der Waals surface area (Å²) in [5, 5.41) is 0. The van der Waals surface area contributed by atoms with Gasteiger partial charge in [-0.1, -0.05) is 19.1 Å². The molecule has 0 aliphatic heterocycles. The molecule has 0 spiro atoms. The van der Waals surface area contributed by atoms with Crippen LogP contribution in [-0.2, 0) is 6.42 Å². The summed E-state index contributed by atoms with van der Waals surface area (Å²) in [5.74, 6) is 0.251. The van der Waals surface area contributed by atoms with Crippen molar-refractivity contribution in [3.8, 4) is 11.5 Å². The van der Waals surface area contributed by atoms with Gasteiger partial charge in [0.25, 0.3) is 0 Å². The highest BCUT2D eigenvalue weighted by Crippen LogP contribution is 2.26. The molecular formula is C16H14FNO. The van der Waals surface area contributed by atoms with Crippen molar-refractivity contribution in [2.45, 2.75) is 20.3 Å². The second-order valence-corrected chi connectivity index (χ2v) is 4.65. The van der Waals surface area contributed by atoms with Gasteiger partial charge >= 0.3 is 0 Å². The third-order valence-corrected chi connectivity index (χ3v) is 3.22. The summed E-state index contributed by atoms with van der Waals surface area (Å²) in [4.78, 5) is 4.39. The van der Waals surface area contributed by atoms with Crippen LogP contribution in [0.5, 0.6) is 0 Å². The van der Waals surface area contributed by atoms with Crippen LogP contribution >= 0.6 is 0 Å². The normalized spacial score (nSPS) is 11.1. The van der Waals surface area contributed by atoms with Crippen molar-refractivity contribution < 1.29 is 8.81 Å². The Kier molecular flexibility index (Phi) is 2.82. The van der Waals surface area contributed by atoms with Crippen molar-refractivity contribution in [2.75, 3.05) is 0 Å². The number of hydrogen-bond donors (Lipinski definition) is 0. The Balaban J connectivity index is 2.11. The van der Waals surface area contributed by atoms with Crippen LogP contribution < -0.4 is 0 Å². The quantitative estimate of drug-likeness (QED) is 0.673. The monoisotopic (exact) mass is 255 g/mol. The third kappa shape index (κ3) is 2.12. The van der Waals surface area contributed by atoms with Gasteiger partial charge in [0.15, 0.2) is 5.58 Å². The zero-order chi connectivity index (χ0) is 13.4. The first kappa shape index (κ1) is 11.9. The SMILES string of the molecule is CCc1ccc(-c2nc3ccc(C)cc3o2)cc1F. The number of aromatic nitrogens is 1. The van der Waals surface area contributed by atoms with E-state index in [9.17, 15) is 4.39 Å². The van der Waals surface area contributed by atoms with Crippen molar-refractivity contribution in [1.82, 2.24) is 4.98 Å². The fraction of sp³-hybridized carbons (Fsp3) is 0.188. The third-order valence-electron chi connectivity index (χ3n) is 3.22. The van der Waals surface area contributed by atoms with E-state index in [4.69, 9.17) is 4.42 Å². The fourth-order valence-corrected chi connectivity index (χ4v) is 2.12. The highest BCUT2D eigenvalue weighted by molar-refractivity contribution is 5.76. The maximum atomic E-state index is 13.8. The van der Waals surface area contributed by atoms with Gasteiger partial charge in [-0.25, -0.2) is 9.37 Å². The minimum Gasteiger partial charge on any atom is -0.436 e. The van der Waals surface area contributed by atoms with Gasteiger partial charge in [0.1, 0.15) is 11.3 Å². The molecule has 2 aromatic carbocycles. The summed E-state index contributed by atoms with van der Waals surface area (Å²) in [6.07, 6.45) is 0.679. The smallest absolute Gasteiger partial charge is 0.227 e. The average Bonchev–Trinajstić information content (AvgIpc) is 2.81. The fourth-order valence-electron chi connectivity index (χ4n) is 2.12. The first-order valence-corrected chi connectivity index (χ1v) is 6.33. The van der Waals surface area contributed by atoms with E-state index in [0.717, 1.165) is 16.7 Å². The number of nitrogens with zero attached hydrogens (tertiary/aromatic N) is 1. The Morgan fingerprint density at radius 2 is 2.00 bits per heavy atom. The molecule has 0 N–H and O–H groups in total. The number of rotatable bonds is 2. The molecular weight excluding hydrogens is 241 g/mol. The first-order chi connectivity index (χ1) is 9.17. The summed E-state index contributed by atoms with van der Waals surface area (Å²) in [6.45, 7) is 3.93. The number of oxazole rings is 1. The van der Waals surface area contributed by atoms with E-state index in [-0.39, 0.29) is 5.82 Å². The highest BCUT2D eigenvalue weighted by atomic mass is 19.1. The molecule has 0 radical (unpaired) electrons. The number of aryl methyl sites for hydroxylation is 2. The van der Waals surface area contributed by atoms with Gasteiger partial charge < -0.3 is 4.42 Å². The first-order valence-electron chi connectivity index (χ1n) is 6.33. The minimum atomic E-state index is -0.210. The Morgan fingerprint density at radius 3 is 2.74 bits per heavy atom. The van der Waals surface area contributed by atoms with Crippen LogP contribution in [0, 0.1) is 12.7 Å². The predicted molar refractivity (Wildman–Crippen MR) is 73.5 cm³/mol. The van der Waals surface area contributed by atoms with E-state index in [2.05, 4.69) is 4.98 Å². The number of benzene rings is 2. The minimum absolute atomic E-state index is 0.210. The molecule has 3 rings (SSSR count). The molecule has 0 unspecified atom stereocenters. The van der Waals surface area contributed by atoms with Gasteiger partial charge in [-0.05, 0) is 48.7 Å². The topological polar surface area (TPSA) is 26.0 Å². The van der Waals surface area contributed by atoms with Gasteiger partial charge in [-0.2, -0.15) is 0 Å². The molecule has 0 fully saturated rings. The summed E-state index contributed by atoms with van der Waals surface area (Å²) >= 11 is 0. The van der Waals surface area contributed by atoms with Gasteiger partial charge in [-0.3, -0.25) is 0 Å². The van der Waals surface area contributed by atoms with E-state index in [1.165, 1.54) is 6.07 Å². The molecule has 0 amide bonds. The molecule has 0 aliphatic carbocycles. The number of fused-ring (bicyclic) bond motifs is 1. The van der Waals surface area contributed by atoms with Crippen LogP contribution in [0.4, 0.5) is 4.39 Å². The Morgan fingerprint density at radius 1 is 1.16 bits per heavy atom. The van der Waals surface area contributed by atoms with Gasteiger partial charge in [-0.15, -0.1) is 0 Å². The van der Waals surface area contributed by atoms with Crippen molar-refractivity contribution in [2.24, 2.45) is 0 Å². The van der Waals surface area contributed by atoms with E-state index in [0.29, 0.717) is 23.4 Å². The van der Waals surface area contributed by atoms with Crippen LogP contribution in [0.15, 0.2) is 40.8 Å². The molecule has 0 saturated heterocycles. The van der Waals surface area contributed by atoms with E-state index < -0.39 is 0 Å². The van der Waals surface area contributed by atoms with Gasteiger partial charge in [0.2, 0.25) is 5.89 Å². The molecule has 0 aliphatic rings. The van der Waals surface area contributed by atoms with Gasteiger partial charge in [0.05, 0.1) is 0 Å². The largest absolute Gasteiger partial charge is 0.436 e. The molecule has 3 aromatic rings. The zero-order valence-electron chi connectivity index (χ0n) is 10.9. The van der Waals surface area contributed by atoms with Crippen LogP contribution in [0.3, 0.4) is 0 Å². The second-order valence-electron chi connectivity index (χ2n) is 4.65. The summed E-state index contributed by atoms with van der Waals surface area (Å²) < 4.78 is 19.5. The maximum absolute atomic E-state index is 13.8. The second kappa shape index (κ2) is 4.50. The lowest BCUT2D eigenvalue weighted by molar-refractivity contribution is 0.603. The Hall–Kier alpha value is -2.16. The van der Waals surface area contributed by atoms with E-state index in [1.54, 1.807) is 6.07 Å². The van der Waals surface area contributed by atoms with E-state index in [1.807, 2.05) is 38.1 Å². The molecule has 96 valence electrons. The lowest BCUT2D eigenvalue weighted by atomic mass is 10.1. The zero-order valence-corrected chi connectivity index (χ0v) is 10.9. The van der Waals surface area contributed by atoms with Crippen molar-refractivity contribution in [3.05, 3.63) is 53.3 Å². The lowest BCUT2D eigenvalue weighted by Crippen LogP contribution is -1.88. The maximum Gasteiger partial charge on any atom is 0.227 e. The Labute approximate surface area is 110 Å². The molecule has 3 heteroatoms. The highest BCUT2D eigenvalue weighted by Gasteiger charge is 2.10. The number of hydrogen-bond acceptors (Lipinski definition) is 2. The molecule has 19 heavy (non-hydrogen) atoms. The van der Waals surface area contributed by atoms with Crippen LogP contribution in [0.25, 0.3) is 22.6 Å². The van der Waals surface area contributed by atoms with Gasteiger partial charge in [0, 0.05) is 5.56 Å². The van der Waals surface area contributed by atoms with Crippen molar-refractivity contribution in [1.29, 1.82) is 0 Å². The molecule has 1 heterocycles. The van der Waals surface area contributed by atoms with Crippen molar-refractivity contribution >= 4 is 11.1 Å². The standard InChI is InChI=1S/C16H14FNO/c1-3-11-5-6-12(9-13(11)17)16-18-14-7-4-10(2)8-15(14)19-16/h4-9H,3H2,1-2H3. The van der Waals surface area contributed by atoms with E-state index >= 15 is 0 Å². The molecule has 1 aromatic heterocycles. The summed E-state index contributed by atoms with van der Waals surface area (Å²) in [5.41, 5.74) is 4.01. The Bertz CT molecular complexity index is 746. The summed E-state index contributed by atoms with van der Waals surface area (Å²) in [6, 6.07) is 10.9. The van der Waals surface area contributed by atoms with Crippen molar-refractivity contribution in [3.63, 3.8) is 0 Å². The number of halogens is 1. The lowest BCUT2D eigenvalue weighted by Gasteiger charge is -2.00. The molecule has 2 nitrogen and oxygen atoms in total. The summed E-state index contributed by atoms with van der Waals surface area (Å²) in [7, 11) is 0. The van der Waals surface area contributed by atoms with Crippen LogP contribution in [-0.4, -0.2) is 4.98 Å². The van der Waals surface area contributed by atoms with Crippen LogP contribution in [0.1, 0.15) is 18.1 Å². The predicted octanol–water partition coefficient (Wildman–Crippen LogP) is 4.50. The molecule has 0 saturated carbocycles. The molecule has 0 atom stereocenters.